The molecule has 1 N–H and O–H groups in total. The van der Waals surface area contributed by atoms with E-state index in [1.165, 1.54) is 13.3 Å². The van der Waals surface area contributed by atoms with Crippen molar-refractivity contribution in [3.05, 3.63) is 83.6 Å². The third-order valence-electron chi connectivity index (χ3n) is 4.32. The third-order valence-corrected chi connectivity index (χ3v) is 4.32. The molecule has 2 nitrogen and oxygen atoms in total. The predicted octanol–water partition coefficient (Wildman–Crippen LogP) is 7.18. The van der Waals surface area contributed by atoms with Gasteiger partial charge in [-0.2, -0.15) is 0 Å². The van der Waals surface area contributed by atoms with E-state index >= 15 is 0 Å². The minimum absolute atomic E-state index is 0.0436. The second-order valence-corrected chi connectivity index (χ2v) is 6.76. The van der Waals surface area contributed by atoms with Gasteiger partial charge in [0.1, 0.15) is 17.4 Å². The minimum atomic E-state index is -2.48. The molecule has 0 aliphatic rings. The Labute approximate surface area is 176 Å². The predicted molar refractivity (Wildman–Crippen MR) is 115 cm³/mol. The number of ether oxygens (including phenoxy) is 1. The molecule has 0 saturated heterocycles. The van der Waals surface area contributed by atoms with Gasteiger partial charge in [0.2, 0.25) is 6.43 Å². The molecule has 1 unspecified atom stereocenters. The molecule has 0 heterocycles. The van der Waals surface area contributed by atoms with Gasteiger partial charge in [0, 0.05) is 18.6 Å². The van der Waals surface area contributed by atoms with Crippen molar-refractivity contribution in [3.63, 3.8) is 0 Å². The minimum Gasteiger partial charge on any atom is -0.497 e. The Morgan fingerprint density at radius 1 is 1.17 bits per heavy atom. The van der Waals surface area contributed by atoms with E-state index in [9.17, 15) is 17.6 Å². The van der Waals surface area contributed by atoms with Crippen LogP contribution in [-0.4, -0.2) is 13.5 Å². The van der Waals surface area contributed by atoms with Gasteiger partial charge in [-0.25, -0.2) is 17.6 Å². The van der Waals surface area contributed by atoms with Crippen molar-refractivity contribution >= 4 is 5.70 Å². The van der Waals surface area contributed by atoms with Gasteiger partial charge in [-0.1, -0.05) is 43.9 Å². The fourth-order valence-electron chi connectivity index (χ4n) is 3.05. The van der Waals surface area contributed by atoms with Gasteiger partial charge in [0.15, 0.2) is 0 Å². The fourth-order valence-corrected chi connectivity index (χ4v) is 3.05. The Hall–Kier alpha value is -2.76. The molecule has 0 radical (unpaired) electrons. The van der Waals surface area contributed by atoms with E-state index in [4.69, 9.17) is 4.74 Å². The molecule has 0 spiro atoms. The molecule has 0 saturated carbocycles. The van der Waals surface area contributed by atoms with E-state index < -0.39 is 24.0 Å². The van der Waals surface area contributed by atoms with Crippen LogP contribution >= 0.6 is 0 Å². The van der Waals surface area contributed by atoms with Crippen molar-refractivity contribution in [2.45, 2.75) is 40.0 Å². The maximum absolute atomic E-state index is 14.9. The van der Waals surface area contributed by atoms with E-state index in [0.717, 1.165) is 12.1 Å². The lowest BCUT2D eigenvalue weighted by molar-refractivity contribution is 0.118. The van der Waals surface area contributed by atoms with Crippen molar-refractivity contribution in [1.82, 2.24) is 5.32 Å². The molecular weight excluding hydrogens is 394 g/mol. The highest BCUT2D eigenvalue weighted by Crippen LogP contribution is 2.34. The van der Waals surface area contributed by atoms with Gasteiger partial charge in [0.05, 0.1) is 18.4 Å². The standard InChI is InChI=1S/C24H29F4NO/c1-6-9-17(10-7-2)19(12-16(4)13-22(27)28)24(29-11-8-3)23-20(25)14-18(30-5)15-21(23)26/h6-11,14-16,22,29H,1,12-13H2,2-5H3/b10-7-,11-8+,17-9+,24-19+. The molecule has 0 bridgehead atoms. The first-order chi connectivity index (χ1) is 14.3. The highest BCUT2D eigenvalue weighted by atomic mass is 19.3. The Balaban J connectivity index is 3.84. The lowest BCUT2D eigenvalue weighted by Crippen LogP contribution is -2.14. The summed E-state index contributed by atoms with van der Waals surface area (Å²) in [6, 6.07) is 2.17. The lowest BCUT2D eigenvalue weighted by Gasteiger charge is -2.21. The van der Waals surface area contributed by atoms with Crippen molar-refractivity contribution in [3.8, 4) is 5.75 Å². The smallest absolute Gasteiger partial charge is 0.238 e. The topological polar surface area (TPSA) is 21.3 Å². The molecule has 1 rings (SSSR count). The fraction of sp³-hybridized carbons (Fsp3) is 0.333. The van der Waals surface area contributed by atoms with E-state index in [1.807, 2.05) is 0 Å². The summed E-state index contributed by atoms with van der Waals surface area (Å²) in [7, 11) is 1.32. The second-order valence-electron chi connectivity index (χ2n) is 6.76. The zero-order valence-electron chi connectivity index (χ0n) is 17.8. The van der Waals surface area contributed by atoms with Gasteiger partial charge >= 0.3 is 0 Å². The zero-order chi connectivity index (χ0) is 22.7. The number of allylic oxidation sites excluding steroid dienone is 7. The highest BCUT2D eigenvalue weighted by Gasteiger charge is 2.23. The Morgan fingerprint density at radius 2 is 1.80 bits per heavy atom. The molecule has 0 fully saturated rings. The average Bonchev–Trinajstić information content (AvgIpc) is 2.67. The molecular formula is C24H29F4NO. The highest BCUT2D eigenvalue weighted by molar-refractivity contribution is 5.74. The first-order valence-corrected chi connectivity index (χ1v) is 9.67. The van der Waals surface area contributed by atoms with E-state index in [1.54, 1.807) is 51.2 Å². The first-order valence-electron chi connectivity index (χ1n) is 9.67. The number of methoxy groups -OCH3 is 1. The van der Waals surface area contributed by atoms with E-state index in [-0.39, 0.29) is 29.9 Å². The van der Waals surface area contributed by atoms with Gasteiger partial charge in [-0.15, -0.1) is 0 Å². The molecule has 1 atom stereocenters. The molecule has 0 aromatic heterocycles. The summed E-state index contributed by atoms with van der Waals surface area (Å²) in [6.45, 7) is 8.92. The van der Waals surface area contributed by atoms with Gasteiger partial charge in [-0.05, 0) is 43.5 Å². The van der Waals surface area contributed by atoms with Crippen LogP contribution in [-0.2, 0) is 0 Å². The monoisotopic (exact) mass is 423 g/mol. The van der Waals surface area contributed by atoms with Crippen LogP contribution in [0.1, 0.15) is 39.2 Å². The van der Waals surface area contributed by atoms with Gasteiger partial charge in [-0.3, -0.25) is 0 Å². The quantitative estimate of drug-likeness (QED) is 0.301. The SMILES string of the molecule is C=C/C=C(\C=C/C)C(/CC(C)CC(F)F)=C(/N/C=C/C)c1c(F)cc(OC)cc1F. The summed E-state index contributed by atoms with van der Waals surface area (Å²) in [5.41, 5.74) is 1.00. The van der Waals surface area contributed by atoms with Crippen LogP contribution < -0.4 is 10.1 Å². The molecule has 164 valence electrons. The number of nitrogens with one attached hydrogen (secondary N) is 1. The summed E-state index contributed by atoms with van der Waals surface area (Å²) in [5.74, 6) is -2.03. The molecule has 1 aromatic carbocycles. The van der Waals surface area contributed by atoms with Crippen LogP contribution in [0.4, 0.5) is 17.6 Å². The maximum Gasteiger partial charge on any atom is 0.238 e. The van der Waals surface area contributed by atoms with Crippen molar-refractivity contribution in [2.24, 2.45) is 5.92 Å². The third kappa shape index (κ3) is 7.25. The number of alkyl halides is 2. The van der Waals surface area contributed by atoms with Gasteiger partial charge in [0.25, 0.3) is 0 Å². The maximum atomic E-state index is 14.9. The van der Waals surface area contributed by atoms with E-state index in [0.29, 0.717) is 11.1 Å². The van der Waals surface area contributed by atoms with Crippen LogP contribution in [0.3, 0.4) is 0 Å². The van der Waals surface area contributed by atoms with Crippen LogP contribution in [0.15, 0.2) is 66.4 Å². The molecule has 0 amide bonds. The molecule has 0 aliphatic heterocycles. The first kappa shape index (κ1) is 25.3. The molecule has 30 heavy (non-hydrogen) atoms. The van der Waals surface area contributed by atoms with Crippen LogP contribution in [0.2, 0.25) is 0 Å². The van der Waals surface area contributed by atoms with Crippen LogP contribution in [0.25, 0.3) is 5.70 Å². The van der Waals surface area contributed by atoms with Crippen molar-refractivity contribution < 1.29 is 22.3 Å². The van der Waals surface area contributed by atoms with Crippen LogP contribution in [0.5, 0.6) is 5.75 Å². The summed E-state index contributed by atoms with van der Waals surface area (Å²) < 4.78 is 60.7. The Bertz CT molecular complexity index is 815. The number of hydrogen-bond acceptors (Lipinski definition) is 2. The van der Waals surface area contributed by atoms with E-state index in [2.05, 4.69) is 11.9 Å². The average molecular weight is 423 g/mol. The summed E-state index contributed by atoms with van der Waals surface area (Å²) >= 11 is 0. The Kier molecular flexibility index (Phi) is 10.7. The lowest BCUT2D eigenvalue weighted by atomic mass is 9.89. The zero-order valence-corrected chi connectivity index (χ0v) is 17.8. The Morgan fingerprint density at radius 3 is 2.27 bits per heavy atom. The summed E-state index contributed by atoms with van der Waals surface area (Å²) in [4.78, 5) is 0. The van der Waals surface area contributed by atoms with Gasteiger partial charge < -0.3 is 10.1 Å². The van der Waals surface area contributed by atoms with Crippen LogP contribution in [0, 0.1) is 17.6 Å². The molecule has 0 aliphatic carbocycles. The number of halogens is 4. The summed E-state index contributed by atoms with van der Waals surface area (Å²) in [6.07, 6.45) is 7.33. The number of hydrogen-bond donors (Lipinski definition) is 1. The normalized spacial score (nSPS) is 14.4. The number of rotatable bonds is 11. The molecule has 6 heteroatoms. The molecule has 1 aromatic rings. The second kappa shape index (κ2) is 12.7. The van der Waals surface area contributed by atoms with Crippen molar-refractivity contribution in [1.29, 1.82) is 0 Å². The summed E-state index contributed by atoms with van der Waals surface area (Å²) in [5, 5.41) is 2.94. The van der Waals surface area contributed by atoms with Crippen molar-refractivity contribution in [2.75, 3.05) is 7.11 Å². The largest absolute Gasteiger partial charge is 0.497 e. The number of benzene rings is 1.